The van der Waals surface area contributed by atoms with E-state index in [1.165, 1.54) is 19.3 Å². The molecule has 0 saturated heterocycles. The maximum absolute atomic E-state index is 9.88. The van der Waals surface area contributed by atoms with Crippen LogP contribution in [-0.4, -0.2) is 49.0 Å². The first kappa shape index (κ1) is 14.9. The molecule has 1 fully saturated rings. The Labute approximate surface area is 106 Å². The molecule has 3 heteroatoms. The van der Waals surface area contributed by atoms with Gasteiger partial charge in [-0.2, -0.15) is 0 Å². The van der Waals surface area contributed by atoms with Gasteiger partial charge in [-0.25, -0.2) is 0 Å². The Hall–Kier alpha value is -0.120. The molecule has 17 heavy (non-hydrogen) atoms. The predicted molar refractivity (Wildman–Crippen MR) is 71.2 cm³/mol. The van der Waals surface area contributed by atoms with E-state index in [0.717, 1.165) is 38.5 Å². The van der Waals surface area contributed by atoms with E-state index in [1.807, 2.05) is 0 Å². The molecule has 0 aromatic heterocycles. The Bertz CT molecular complexity index is 199. The summed E-state index contributed by atoms with van der Waals surface area (Å²) in [6.45, 7) is 7.30. The molecule has 1 aliphatic rings. The van der Waals surface area contributed by atoms with Crippen molar-refractivity contribution in [2.24, 2.45) is 5.92 Å². The fraction of sp³-hybridized carbons (Fsp3) is 1.00. The Morgan fingerprint density at radius 3 is 2.65 bits per heavy atom. The number of aliphatic hydroxyl groups excluding tert-OH is 1. The second-order valence-corrected chi connectivity index (χ2v) is 5.20. The largest absolute Gasteiger partial charge is 0.393 e. The summed E-state index contributed by atoms with van der Waals surface area (Å²) in [5.41, 5.74) is 0. The van der Waals surface area contributed by atoms with Gasteiger partial charge in [0.25, 0.3) is 0 Å². The zero-order valence-electron chi connectivity index (χ0n) is 11.7. The second kappa shape index (κ2) is 8.06. The van der Waals surface area contributed by atoms with Crippen molar-refractivity contribution in [2.75, 3.05) is 26.8 Å². The maximum Gasteiger partial charge on any atom is 0.0589 e. The highest BCUT2D eigenvalue weighted by Gasteiger charge is 2.32. The van der Waals surface area contributed by atoms with Crippen molar-refractivity contribution in [3.63, 3.8) is 0 Å². The van der Waals surface area contributed by atoms with Crippen LogP contribution in [-0.2, 0) is 4.74 Å². The number of likely N-dealkylation sites (N-methyl/N-ethyl adjacent to an activating group) is 1. The van der Waals surface area contributed by atoms with Crippen LogP contribution in [0.4, 0.5) is 0 Å². The molecule has 0 amide bonds. The quantitative estimate of drug-likeness (QED) is 0.744. The molecule has 1 saturated carbocycles. The molecular weight excluding hydrogens is 214 g/mol. The molecule has 0 aromatic rings. The standard InChI is InChI=1S/C14H29NO2/c1-4-6-12-7-8-13(16)11-14(12)15(5-2)9-10-17-3/h12-14,16H,4-11H2,1-3H3. The van der Waals surface area contributed by atoms with Crippen LogP contribution in [0.25, 0.3) is 0 Å². The number of hydrogen-bond acceptors (Lipinski definition) is 3. The van der Waals surface area contributed by atoms with Crippen LogP contribution in [0, 0.1) is 5.92 Å². The fourth-order valence-corrected chi connectivity index (χ4v) is 3.11. The molecular formula is C14H29NO2. The SMILES string of the molecule is CCCC1CCC(O)CC1N(CC)CCOC. The summed E-state index contributed by atoms with van der Waals surface area (Å²) in [6, 6.07) is 0.554. The highest BCUT2D eigenvalue weighted by molar-refractivity contribution is 4.86. The zero-order chi connectivity index (χ0) is 12.7. The van der Waals surface area contributed by atoms with E-state index in [-0.39, 0.29) is 6.10 Å². The molecule has 3 unspecified atom stereocenters. The topological polar surface area (TPSA) is 32.7 Å². The number of rotatable bonds is 7. The van der Waals surface area contributed by atoms with Gasteiger partial charge in [-0.3, -0.25) is 4.90 Å². The lowest BCUT2D eigenvalue weighted by atomic mass is 9.79. The van der Waals surface area contributed by atoms with Gasteiger partial charge in [0.1, 0.15) is 0 Å². The van der Waals surface area contributed by atoms with Gasteiger partial charge >= 0.3 is 0 Å². The van der Waals surface area contributed by atoms with Crippen LogP contribution in [0.5, 0.6) is 0 Å². The average Bonchev–Trinajstić information content (AvgIpc) is 2.33. The molecule has 3 nitrogen and oxygen atoms in total. The monoisotopic (exact) mass is 243 g/mol. The lowest BCUT2D eigenvalue weighted by Crippen LogP contribution is -2.46. The zero-order valence-corrected chi connectivity index (χ0v) is 11.7. The molecule has 1 rings (SSSR count). The van der Waals surface area contributed by atoms with Gasteiger partial charge in [-0.05, 0) is 38.1 Å². The highest BCUT2D eigenvalue weighted by Crippen LogP contribution is 2.31. The summed E-state index contributed by atoms with van der Waals surface area (Å²) in [4.78, 5) is 2.49. The van der Waals surface area contributed by atoms with Crippen LogP contribution in [0.1, 0.15) is 46.0 Å². The van der Waals surface area contributed by atoms with Gasteiger partial charge in [-0.15, -0.1) is 0 Å². The molecule has 0 aliphatic heterocycles. The Morgan fingerprint density at radius 1 is 1.29 bits per heavy atom. The number of methoxy groups -OCH3 is 1. The minimum Gasteiger partial charge on any atom is -0.393 e. The van der Waals surface area contributed by atoms with Crippen molar-refractivity contribution in [2.45, 2.75) is 58.1 Å². The minimum absolute atomic E-state index is 0.0929. The first-order valence-electron chi connectivity index (χ1n) is 7.13. The minimum atomic E-state index is -0.0929. The summed E-state index contributed by atoms with van der Waals surface area (Å²) < 4.78 is 5.18. The van der Waals surface area contributed by atoms with Crippen molar-refractivity contribution in [3.05, 3.63) is 0 Å². The smallest absolute Gasteiger partial charge is 0.0589 e. The van der Waals surface area contributed by atoms with Crippen molar-refractivity contribution < 1.29 is 9.84 Å². The molecule has 0 bridgehead atoms. The first-order chi connectivity index (χ1) is 8.22. The number of hydrogen-bond donors (Lipinski definition) is 1. The molecule has 102 valence electrons. The molecule has 1 aliphatic carbocycles. The van der Waals surface area contributed by atoms with Crippen molar-refractivity contribution in [3.8, 4) is 0 Å². The van der Waals surface area contributed by atoms with Crippen molar-refractivity contribution >= 4 is 0 Å². The number of nitrogens with zero attached hydrogens (tertiary/aromatic N) is 1. The fourth-order valence-electron chi connectivity index (χ4n) is 3.11. The van der Waals surface area contributed by atoms with E-state index in [2.05, 4.69) is 18.7 Å². The summed E-state index contributed by atoms with van der Waals surface area (Å²) in [5.74, 6) is 0.764. The Morgan fingerprint density at radius 2 is 2.06 bits per heavy atom. The summed E-state index contributed by atoms with van der Waals surface area (Å²) in [6.07, 6.45) is 5.57. The highest BCUT2D eigenvalue weighted by atomic mass is 16.5. The molecule has 0 radical (unpaired) electrons. The van der Waals surface area contributed by atoms with E-state index in [9.17, 15) is 5.11 Å². The molecule has 1 N–H and O–H groups in total. The number of aliphatic hydroxyl groups is 1. The molecule has 3 atom stereocenters. The van der Waals surface area contributed by atoms with Crippen LogP contribution < -0.4 is 0 Å². The predicted octanol–water partition coefficient (Wildman–Crippen LogP) is 2.28. The van der Waals surface area contributed by atoms with Gasteiger partial charge in [0.15, 0.2) is 0 Å². The molecule has 0 aromatic carbocycles. The van der Waals surface area contributed by atoms with Crippen LogP contribution >= 0.6 is 0 Å². The van der Waals surface area contributed by atoms with Crippen LogP contribution in [0.15, 0.2) is 0 Å². The van der Waals surface area contributed by atoms with E-state index >= 15 is 0 Å². The molecule has 0 heterocycles. The van der Waals surface area contributed by atoms with Gasteiger partial charge < -0.3 is 9.84 Å². The lowest BCUT2D eigenvalue weighted by molar-refractivity contribution is 0.0157. The summed E-state index contributed by atoms with van der Waals surface area (Å²) >= 11 is 0. The van der Waals surface area contributed by atoms with Gasteiger partial charge in [0, 0.05) is 19.7 Å². The van der Waals surface area contributed by atoms with Crippen molar-refractivity contribution in [1.29, 1.82) is 0 Å². The third kappa shape index (κ3) is 4.57. The second-order valence-electron chi connectivity index (χ2n) is 5.20. The summed E-state index contributed by atoms with van der Waals surface area (Å²) in [5, 5.41) is 9.88. The van der Waals surface area contributed by atoms with Gasteiger partial charge in [0.2, 0.25) is 0 Å². The van der Waals surface area contributed by atoms with Crippen molar-refractivity contribution in [1.82, 2.24) is 4.90 Å². The van der Waals surface area contributed by atoms with Gasteiger partial charge in [-0.1, -0.05) is 20.3 Å². The van der Waals surface area contributed by atoms with E-state index in [4.69, 9.17) is 4.74 Å². The maximum atomic E-state index is 9.88. The van der Waals surface area contributed by atoms with E-state index in [1.54, 1.807) is 7.11 Å². The number of ether oxygens (including phenoxy) is 1. The van der Waals surface area contributed by atoms with Crippen LogP contribution in [0.2, 0.25) is 0 Å². The van der Waals surface area contributed by atoms with E-state index in [0.29, 0.717) is 6.04 Å². The normalized spacial score (nSPS) is 29.8. The average molecular weight is 243 g/mol. The lowest BCUT2D eigenvalue weighted by Gasteiger charge is -2.41. The molecule has 0 spiro atoms. The first-order valence-corrected chi connectivity index (χ1v) is 7.13. The third-order valence-electron chi connectivity index (χ3n) is 4.05. The Balaban J connectivity index is 2.58. The Kier molecular flexibility index (Phi) is 7.09. The van der Waals surface area contributed by atoms with Gasteiger partial charge in [0.05, 0.1) is 12.7 Å². The summed E-state index contributed by atoms with van der Waals surface area (Å²) in [7, 11) is 1.76. The van der Waals surface area contributed by atoms with Crippen LogP contribution in [0.3, 0.4) is 0 Å². The third-order valence-corrected chi connectivity index (χ3v) is 4.05. The van der Waals surface area contributed by atoms with E-state index < -0.39 is 0 Å².